The van der Waals surface area contributed by atoms with Gasteiger partial charge in [0.1, 0.15) is 14.6 Å². The first kappa shape index (κ1) is 20.5. The van der Waals surface area contributed by atoms with E-state index in [9.17, 15) is 21.6 Å². The van der Waals surface area contributed by atoms with Crippen LogP contribution in [0, 0.1) is 6.92 Å². The molecule has 0 atom stereocenters. The van der Waals surface area contributed by atoms with Crippen LogP contribution in [0.4, 0.5) is 18.9 Å². The lowest BCUT2D eigenvalue weighted by atomic mass is 10.0. The molecule has 0 N–H and O–H groups in total. The molecular weight excluding hydrogens is 392 g/mol. The summed E-state index contributed by atoms with van der Waals surface area (Å²) in [4.78, 5) is 3.20. The summed E-state index contributed by atoms with van der Waals surface area (Å²) >= 11 is 5.83. The van der Waals surface area contributed by atoms with Crippen molar-refractivity contribution in [3.63, 3.8) is 0 Å². The molecule has 0 saturated carbocycles. The van der Waals surface area contributed by atoms with Crippen LogP contribution in [-0.4, -0.2) is 35.1 Å². The summed E-state index contributed by atoms with van der Waals surface area (Å²) < 4.78 is 70.8. The Morgan fingerprint density at radius 1 is 1.31 bits per heavy atom. The molecule has 1 aromatic heterocycles. The number of pyridine rings is 1. The highest BCUT2D eigenvalue weighted by molar-refractivity contribution is 7.92. The molecule has 0 aliphatic carbocycles. The number of hydrogen-bond acceptors (Lipinski definition) is 4. The third-order valence-electron chi connectivity index (χ3n) is 3.48. The summed E-state index contributed by atoms with van der Waals surface area (Å²) in [6.45, 7) is 0.745. The Morgan fingerprint density at radius 2 is 1.96 bits per heavy atom. The molecule has 0 fully saturated rings. The number of alkyl halides is 3. The van der Waals surface area contributed by atoms with Gasteiger partial charge in [0.05, 0.1) is 21.2 Å². The predicted octanol–water partition coefficient (Wildman–Crippen LogP) is 2.66. The summed E-state index contributed by atoms with van der Waals surface area (Å²) in [5.74, 6) is 0. The molecule has 0 unspecified atom stereocenters. The summed E-state index contributed by atoms with van der Waals surface area (Å²) in [7, 11) is 2.51. The predicted molar refractivity (Wildman–Crippen MR) is 92.4 cm³/mol. The highest BCUT2D eigenvalue weighted by Gasteiger charge is 2.35. The van der Waals surface area contributed by atoms with Gasteiger partial charge in [0.15, 0.2) is 0 Å². The van der Waals surface area contributed by atoms with Gasteiger partial charge in [0.2, 0.25) is 0 Å². The van der Waals surface area contributed by atoms with Crippen molar-refractivity contribution in [2.75, 3.05) is 18.1 Å². The molecule has 1 heterocycles. The zero-order chi connectivity index (χ0) is 19.7. The quantitative estimate of drug-likeness (QED) is 0.568. The van der Waals surface area contributed by atoms with Gasteiger partial charge in [-0.1, -0.05) is 17.7 Å². The Bertz CT molecular complexity index is 923. The number of halogens is 4. The van der Waals surface area contributed by atoms with Gasteiger partial charge in [-0.3, -0.25) is 4.98 Å². The van der Waals surface area contributed by atoms with E-state index in [1.165, 1.54) is 26.3 Å². The second kappa shape index (κ2) is 7.46. The maximum atomic E-state index is 13.1. The van der Waals surface area contributed by atoms with Crippen molar-refractivity contribution in [1.29, 1.82) is 0 Å². The van der Waals surface area contributed by atoms with Crippen LogP contribution in [0.3, 0.4) is 0 Å². The summed E-state index contributed by atoms with van der Waals surface area (Å²) in [6.07, 6.45) is -3.48. The van der Waals surface area contributed by atoms with Crippen LogP contribution in [-0.2, 0) is 20.9 Å². The number of benzene rings is 1. The van der Waals surface area contributed by atoms with Crippen LogP contribution in [0.15, 0.2) is 35.4 Å². The smallest absolute Gasteiger partial charge is 0.363 e. The summed E-state index contributed by atoms with van der Waals surface area (Å²) in [5, 5.41) is 0.102. The lowest BCUT2D eigenvalue weighted by Crippen LogP contribution is -2.37. The average Bonchev–Trinajstić information content (AvgIpc) is 2.54. The van der Waals surface area contributed by atoms with Crippen molar-refractivity contribution >= 4 is 40.8 Å². The zero-order valence-corrected chi connectivity index (χ0v) is 15.3. The molecule has 5 nitrogen and oxygen atoms in total. The van der Waals surface area contributed by atoms with Crippen LogP contribution >= 0.6 is 11.6 Å². The molecule has 2 rings (SSSR count). The van der Waals surface area contributed by atoms with E-state index in [2.05, 4.69) is 4.98 Å². The van der Waals surface area contributed by atoms with Crippen molar-refractivity contribution in [3.8, 4) is 0 Å². The summed E-state index contributed by atoms with van der Waals surface area (Å²) in [5.41, 5.74) is -1.42. The Balaban J connectivity index is 2.64. The molecule has 0 saturated heterocycles. The van der Waals surface area contributed by atoms with Crippen molar-refractivity contribution in [2.24, 2.45) is 0 Å². The van der Waals surface area contributed by atoms with E-state index in [0.29, 0.717) is 10.4 Å². The minimum atomic E-state index is -4.70. The molecule has 2 aromatic rings. The fourth-order valence-corrected chi connectivity index (χ4v) is 3.78. The molecule has 2 radical (unpaired) electrons. The van der Waals surface area contributed by atoms with Crippen LogP contribution in [0.5, 0.6) is 0 Å². The molecule has 0 bridgehead atoms. The Hall–Kier alpha value is -1.78. The number of aromatic nitrogens is 1. The Labute approximate surface area is 155 Å². The standard InChI is InChI=1S/C15H13BClF3N2O3S/c1-9-3-4-11(6-12(9)15(18,19)20)26(23,24)22(8-25-2)13-5-10(17)7-21-14(13)16/h3-7H,8H2,1-2H3. The Kier molecular flexibility index (Phi) is 5.89. The van der Waals surface area contributed by atoms with Crippen LogP contribution < -0.4 is 9.90 Å². The van der Waals surface area contributed by atoms with Gasteiger partial charge >= 0.3 is 6.18 Å². The van der Waals surface area contributed by atoms with Gasteiger partial charge < -0.3 is 4.74 Å². The highest BCUT2D eigenvalue weighted by Crippen LogP contribution is 2.34. The first-order valence-electron chi connectivity index (χ1n) is 7.09. The number of aryl methyl sites for hydroxylation is 1. The van der Waals surface area contributed by atoms with Gasteiger partial charge in [0.25, 0.3) is 10.0 Å². The second-order valence-corrected chi connectivity index (χ2v) is 7.60. The van der Waals surface area contributed by atoms with Gasteiger partial charge in [-0.25, -0.2) is 12.7 Å². The number of rotatable bonds is 5. The number of hydrogen-bond donors (Lipinski definition) is 0. The minimum Gasteiger partial charge on any atom is -0.363 e. The van der Waals surface area contributed by atoms with E-state index in [0.717, 1.165) is 12.1 Å². The molecule has 0 spiro atoms. The maximum absolute atomic E-state index is 13.1. The van der Waals surface area contributed by atoms with Crippen molar-refractivity contribution in [1.82, 2.24) is 4.98 Å². The lowest BCUT2D eigenvalue weighted by molar-refractivity contribution is -0.138. The summed E-state index contributed by atoms with van der Waals surface area (Å²) in [6, 6.07) is 3.97. The van der Waals surface area contributed by atoms with Crippen molar-refractivity contribution in [2.45, 2.75) is 18.0 Å². The van der Waals surface area contributed by atoms with Crippen LogP contribution in [0.1, 0.15) is 11.1 Å². The molecule has 1 aromatic carbocycles. The highest BCUT2D eigenvalue weighted by atomic mass is 35.5. The van der Waals surface area contributed by atoms with E-state index < -0.39 is 33.4 Å². The van der Waals surface area contributed by atoms with Crippen LogP contribution in [0.25, 0.3) is 0 Å². The average molecular weight is 405 g/mol. The van der Waals surface area contributed by atoms with Gasteiger partial charge in [-0.15, -0.1) is 0 Å². The minimum absolute atomic E-state index is 0.0984. The van der Waals surface area contributed by atoms with E-state index in [4.69, 9.17) is 24.2 Å². The topological polar surface area (TPSA) is 59.5 Å². The van der Waals surface area contributed by atoms with Gasteiger partial charge in [-0.2, -0.15) is 13.2 Å². The lowest BCUT2D eigenvalue weighted by Gasteiger charge is -2.25. The van der Waals surface area contributed by atoms with Crippen LogP contribution in [0.2, 0.25) is 5.02 Å². The van der Waals surface area contributed by atoms with E-state index in [1.54, 1.807) is 0 Å². The van der Waals surface area contributed by atoms with Crippen molar-refractivity contribution < 1.29 is 26.3 Å². The second-order valence-electron chi connectivity index (χ2n) is 5.30. The fourth-order valence-electron chi connectivity index (χ4n) is 2.22. The molecule has 0 aliphatic rings. The molecule has 138 valence electrons. The number of sulfonamides is 1. The third kappa shape index (κ3) is 4.13. The van der Waals surface area contributed by atoms with Gasteiger partial charge in [-0.05, 0) is 30.7 Å². The zero-order valence-electron chi connectivity index (χ0n) is 13.7. The first-order chi connectivity index (χ1) is 12.0. The molecule has 26 heavy (non-hydrogen) atoms. The molecular formula is C15H13BClF3N2O3S. The fraction of sp³-hybridized carbons (Fsp3) is 0.267. The van der Waals surface area contributed by atoms with Gasteiger partial charge in [0, 0.05) is 18.9 Å². The Morgan fingerprint density at radius 3 is 2.54 bits per heavy atom. The normalized spacial score (nSPS) is 12.2. The molecule has 11 heteroatoms. The van der Waals surface area contributed by atoms with E-state index in [-0.39, 0.29) is 21.9 Å². The number of anilines is 1. The maximum Gasteiger partial charge on any atom is 0.416 e. The number of methoxy groups -OCH3 is 1. The van der Waals surface area contributed by atoms with E-state index >= 15 is 0 Å². The first-order valence-corrected chi connectivity index (χ1v) is 8.91. The number of ether oxygens (including phenoxy) is 1. The van der Waals surface area contributed by atoms with E-state index in [1.807, 2.05) is 0 Å². The number of nitrogens with zero attached hydrogens (tertiary/aromatic N) is 2. The third-order valence-corrected chi connectivity index (χ3v) is 5.42. The molecule has 0 aliphatic heterocycles. The van der Waals surface area contributed by atoms with Crippen molar-refractivity contribution in [3.05, 3.63) is 46.6 Å². The molecule has 0 amide bonds. The SMILES string of the molecule is [B]c1ncc(Cl)cc1N(COC)S(=O)(=O)c1ccc(C)c(C(F)(F)F)c1. The largest absolute Gasteiger partial charge is 0.416 e. The monoisotopic (exact) mass is 404 g/mol.